The molecule has 0 aromatic carbocycles. The summed E-state index contributed by atoms with van der Waals surface area (Å²) in [5.74, 6) is 0.918. The van der Waals surface area contributed by atoms with Gasteiger partial charge in [0.25, 0.3) is 0 Å². The van der Waals surface area contributed by atoms with Crippen molar-refractivity contribution in [2.24, 2.45) is 0 Å². The van der Waals surface area contributed by atoms with E-state index in [1.807, 2.05) is 0 Å². The Balaban J connectivity index is 2.95. The molecular weight excluding hydrogens is 136 g/mol. The second-order valence-electron chi connectivity index (χ2n) is 2.80. The van der Waals surface area contributed by atoms with Crippen LogP contribution in [0.5, 0.6) is 0 Å². The van der Waals surface area contributed by atoms with Crippen molar-refractivity contribution in [3.05, 3.63) is 12.3 Å². The van der Waals surface area contributed by atoms with Crippen molar-refractivity contribution in [3.8, 4) is 0 Å². The molecule has 0 saturated carbocycles. The van der Waals surface area contributed by atoms with E-state index >= 15 is 0 Å². The van der Waals surface area contributed by atoms with Gasteiger partial charge in [-0.15, -0.1) is 0 Å². The van der Waals surface area contributed by atoms with E-state index in [2.05, 4.69) is 20.4 Å². The lowest BCUT2D eigenvalue weighted by Crippen LogP contribution is -1.92. The van der Waals surface area contributed by atoms with Crippen molar-refractivity contribution >= 4 is 0 Å². The fourth-order valence-electron chi connectivity index (χ4n) is 0.847. The zero-order valence-electron chi connectivity index (χ0n) is 7.86. The molecule has 0 aromatic rings. The fourth-order valence-corrected chi connectivity index (χ4v) is 0.847. The van der Waals surface area contributed by atoms with Crippen LogP contribution in [0.2, 0.25) is 0 Å². The number of rotatable bonds is 7. The molecule has 0 heterocycles. The van der Waals surface area contributed by atoms with Crippen LogP contribution in [0.3, 0.4) is 0 Å². The van der Waals surface area contributed by atoms with Crippen molar-refractivity contribution in [3.63, 3.8) is 0 Å². The quantitative estimate of drug-likeness (QED) is 0.405. The summed E-state index contributed by atoms with van der Waals surface area (Å²) in [7, 11) is 0. The first-order valence-corrected chi connectivity index (χ1v) is 4.61. The van der Waals surface area contributed by atoms with Crippen LogP contribution in [-0.4, -0.2) is 6.61 Å². The third kappa shape index (κ3) is 7.44. The standard InChI is InChI=1S/C10H20O/c1-4-6-7-8-9-11-10(3)5-2/h3-9H2,1-2H3. The van der Waals surface area contributed by atoms with Gasteiger partial charge in [0, 0.05) is 6.42 Å². The predicted octanol–water partition coefficient (Wildman–Crippen LogP) is 3.51. The predicted molar refractivity (Wildman–Crippen MR) is 49.5 cm³/mol. The van der Waals surface area contributed by atoms with Gasteiger partial charge in [0.15, 0.2) is 0 Å². The van der Waals surface area contributed by atoms with Crippen LogP contribution in [0.25, 0.3) is 0 Å². The lowest BCUT2D eigenvalue weighted by atomic mass is 10.2. The Bertz CT molecular complexity index is 97.0. The highest BCUT2D eigenvalue weighted by atomic mass is 16.5. The Morgan fingerprint density at radius 3 is 2.45 bits per heavy atom. The maximum atomic E-state index is 5.34. The highest BCUT2D eigenvalue weighted by molar-refractivity contribution is 4.79. The van der Waals surface area contributed by atoms with Crippen LogP contribution in [0.4, 0.5) is 0 Å². The van der Waals surface area contributed by atoms with Gasteiger partial charge in [0.1, 0.15) is 0 Å². The zero-order chi connectivity index (χ0) is 8.53. The Labute approximate surface area is 70.4 Å². The molecule has 0 aliphatic carbocycles. The van der Waals surface area contributed by atoms with Crippen LogP contribution in [0.1, 0.15) is 46.0 Å². The van der Waals surface area contributed by atoms with Gasteiger partial charge in [-0.2, -0.15) is 0 Å². The van der Waals surface area contributed by atoms with E-state index < -0.39 is 0 Å². The molecule has 0 spiro atoms. The number of hydrogen-bond donors (Lipinski definition) is 0. The summed E-state index contributed by atoms with van der Waals surface area (Å²) in [6.45, 7) is 8.90. The van der Waals surface area contributed by atoms with Gasteiger partial charge < -0.3 is 4.74 Å². The molecule has 0 radical (unpaired) electrons. The maximum absolute atomic E-state index is 5.34. The van der Waals surface area contributed by atoms with E-state index in [0.29, 0.717) is 0 Å². The molecule has 0 aromatic heterocycles. The van der Waals surface area contributed by atoms with Crippen molar-refractivity contribution in [2.45, 2.75) is 46.0 Å². The van der Waals surface area contributed by atoms with E-state index in [0.717, 1.165) is 18.8 Å². The molecule has 0 saturated heterocycles. The van der Waals surface area contributed by atoms with Gasteiger partial charge in [-0.25, -0.2) is 0 Å². The van der Waals surface area contributed by atoms with Gasteiger partial charge in [-0.3, -0.25) is 0 Å². The smallest absolute Gasteiger partial charge is 0.0885 e. The molecule has 0 N–H and O–H groups in total. The normalized spacial score (nSPS) is 9.64. The maximum Gasteiger partial charge on any atom is 0.0885 e. The summed E-state index contributed by atoms with van der Waals surface area (Å²) in [4.78, 5) is 0. The van der Waals surface area contributed by atoms with E-state index in [1.165, 1.54) is 25.7 Å². The molecule has 0 atom stereocenters. The number of unbranched alkanes of at least 4 members (excludes halogenated alkanes) is 3. The molecule has 0 aliphatic rings. The third-order valence-corrected chi connectivity index (χ3v) is 1.70. The summed E-state index contributed by atoms with van der Waals surface area (Å²) in [6, 6.07) is 0. The van der Waals surface area contributed by atoms with Crippen molar-refractivity contribution in [1.29, 1.82) is 0 Å². The molecule has 11 heavy (non-hydrogen) atoms. The van der Waals surface area contributed by atoms with E-state index in [1.54, 1.807) is 0 Å². The van der Waals surface area contributed by atoms with Crippen molar-refractivity contribution < 1.29 is 4.74 Å². The molecule has 0 rings (SSSR count). The van der Waals surface area contributed by atoms with Gasteiger partial charge >= 0.3 is 0 Å². The summed E-state index contributed by atoms with van der Waals surface area (Å²) in [5.41, 5.74) is 0. The first-order chi connectivity index (χ1) is 5.31. The molecule has 0 unspecified atom stereocenters. The lowest BCUT2D eigenvalue weighted by molar-refractivity contribution is 0.199. The Morgan fingerprint density at radius 2 is 1.91 bits per heavy atom. The van der Waals surface area contributed by atoms with Gasteiger partial charge in [-0.1, -0.05) is 39.7 Å². The Hall–Kier alpha value is -0.460. The SMILES string of the molecule is C=C(CC)OCCCCCC. The van der Waals surface area contributed by atoms with Gasteiger partial charge in [0.05, 0.1) is 12.4 Å². The van der Waals surface area contributed by atoms with Crippen molar-refractivity contribution in [2.75, 3.05) is 6.61 Å². The minimum atomic E-state index is 0.854. The summed E-state index contributed by atoms with van der Waals surface area (Å²) >= 11 is 0. The monoisotopic (exact) mass is 156 g/mol. The highest BCUT2D eigenvalue weighted by Gasteiger charge is 1.90. The van der Waals surface area contributed by atoms with Gasteiger partial charge in [-0.05, 0) is 6.42 Å². The second kappa shape index (κ2) is 7.64. The average Bonchev–Trinajstić information content (AvgIpc) is 2.04. The fraction of sp³-hybridized carbons (Fsp3) is 0.800. The Kier molecular flexibility index (Phi) is 7.33. The topological polar surface area (TPSA) is 9.23 Å². The molecule has 66 valence electrons. The molecule has 0 bridgehead atoms. The van der Waals surface area contributed by atoms with Crippen LogP contribution in [0.15, 0.2) is 12.3 Å². The van der Waals surface area contributed by atoms with Gasteiger partial charge in [0.2, 0.25) is 0 Å². The molecule has 0 fully saturated rings. The van der Waals surface area contributed by atoms with Crippen LogP contribution < -0.4 is 0 Å². The zero-order valence-corrected chi connectivity index (χ0v) is 7.86. The number of hydrogen-bond acceptors (Lipinski definition) is 1. The number of allylic oxidation sites excluding steroid dienone is 1. The lowest BCUT2D eigenvalue weighted by Gasteiger charge is -2.05. The largest absolute Gasteiger partial charge is 0.499 e. The second-order valence-corrected chi connectivity index (χ2v) is 2.80. The molecule has 0 aliphatic heterocycles. The van der Waals surface area contributed by atoms with E-state index in [4.69, 9.17) is 4.74 Å². The van der Waals surface area contributed by atoms with Crippen molar-refractivity contribution in [1.82, 2.24) is 0 Å². The minimum absolute atomic E-state index is 0.854. The summed E-state index contributed by atoms with van der Waals surface area (Å²) in [6.07, 6.45) is 6.00. The number of ether oxygens (including phenoxy) is 1. The van der Waals surface area contributed by atoms with Crippen LogP contribution >= 0.6 is 0 Å². The molecule has 1 nitrogen and oxygen atoms in total. The van der Waals surface area contributed by atoms with Crippen LogP contribution in [-0.2, 0) is 4.74 Å². The van der Waals surface area contributed by atoms with E-state index in [-0.39, 0.29) is 0 Å². The first kappa shape index (κ1) is 10.5. The molecule has 0 amide bonds. The average molecular weight is 156 g/mol. The first-order valence-electron chi connectivity index (χ1n) is 4.61. The highest BCUT2D eigenvalue weighted by Crippen LogP contribution is 2.03. The third-order valence-electron chi connectivity index (χ3n) is 1.70. The minimum Gasteiger partial charge on any atom is -0.499 e. The Morgan fingerprint density at radius 1 is 1.18 bits per heavy atom. The molecular formula is C10H20O. The van der Waals surface area contributed by atoms with Crippen LogP contribution in [0, 0.1) is 0 Å². The summed E-state index contributed by atoms with van der Waals surface area (Å²) in [5, 5.41) is 0. The summed E-state index contributed by atoms with van der Waals surface area (Å²) < 4.78 is 5.34. The molecule has 1 heteroatoms. The van der Waals surface area contributed by atoms with E-state index in [9.17, 15) is 0 Å².